The van der Waals surface area contributed by atoms with Crippen molar-refractivity contribution in [3.63, 3.8) is 0 Å². The number of carbonyl (C=O) groups excluding carboxylic acids is 3. The summed E-state index contributed by atoms with van der Waals surface area (Å²) < 4.78 is 44.7. The van der Waals surface area contributed by atoms with Crippen LogP contribution < -0.4 is 0 Å². The summed E-state index contributed by atoms with van der Waals surface area (Å²) in [6.07, 6.45) is 0.369. The van der Waals surface area contributed by atoms with E-state index in [4.69, 9.17) is 14.2 Å². The highest BCUT2D eigenvalue weighted by molar-refractivity contribution is 5.83. The zero-order valence-electron chi connectivity index (χ0n) is 21.8. The number of methoxy groups -OCH3 is 1. The lowest BCUT2D eigenvalue weighted by Gasteiger charge is -2.34. The van der Waals surface area contributed by atoms with Crippen LogP contribution in [-0.2, 0) is 30.2 Å². The second kappa shape index (κ2) is 10.2. The summed E-state index contributed by atoms with van der Waals surface area (Å²) in [6.45, 7) is 10.2. The van der Waals surface area contributed by atoms with Gasteiger partial charge in [-0.15, -0.1) is 0 Å². The average molecular weight is 509 g/mol. The van der Waals surface area contributed by atoms with Gasteiger partial charge < -0.3 is 19.1 Å². The van der Waals surface area contributed by atoms with Crippen molar-refractivity contribution in [3.05, 3.63) is 47.0 Å². The maximum absolute atomic E-state index is 14.0. The molecule has 0 radical (unpaired) electrons. The van der Waals surface area contributed by atoms with Gasteiger partial charge in [0.1, 0.15) is 29.1 Å². The fourth-order valence-corrected chi connectivity index (χ4v) is 5.06. The molecular weight excluding hydrogens is 474 g/mol. The van der Waals surface area contributed by atoms with Gasteiger partial charge >= 0.3 is 12.1 Å². The van der Waals surface area contributed by atoms with Crippen molar-refractivity contribution in [1.82, 2.24) is 9.80 Å². The highest BCUT2D eigenvalue weighted by Crippen LogP contribution is 2.40. The number of amides is 2. The molecule has 3 atom stereocenters. The molecule has 0 bridgehead atoms. The molecule has 10 heteroatoms. The van der Waals surface area contributed by atoms with E-state index in [-0.39, 0.29) is 25.3 Å². The third-order valence-electron chi connectivity index (χ3n) is 6.20. The first-order chi connectivity index (χ1) is 16.6. The van der Waals surface area contributed by atoms with Gasteiger partial charge in [-0.05, 0) is 70.7 Å². The highest BCUT2D eigenvalue weighted by atomic mass is 19.1. The van der Waals surface area contributed by atoms with Gasteiger partial charge in [0.15, 0.2) is 0 Å². The Morgan fingerprint density at radius 2 is 1.78 bits per heavy atom. The number of likely N-dealkylation sites (tertiary alicyclic amines) is 1. The topological polar surface area (TPSA) is 85.4 Å². The summed E-state index contributed by atoms with van der Waals surface area (Å²) in [5.74, 6) is -2.29. The van der Waals surface area contributed by atoms with Crippen molar-refractivity contribution in [2.45, 2.75) is 83.9 Å². The van der Waals surface area contributed by atoms with Gasteiger partial charge in [-0.1, -0.05) is 0 Å². The fourth-order valence-electron chi connectivity index (χ4n) is 5.06. The Bertz CT molecular complexity index is 1040. The molecule has 1 aromatic carbocycles. The third-order valence-corrected chi connectivity index (χ3v) is 6.20. The van der Waals surface area contributed by atoms with Crippen LogP contribution in [0.4, 0.5) is 13.6 Å². The molecule has 0 aromatic heterocycles. The Kier molecular flexibility index (Phi) is 7.78. The summed E-state index contributed by atoms with van der Waals surface area (Å²) in [6, 6.07) is 1.96. The monoisotopic (exact) mass is 508 g/mol. The van der Waals surface area contributed by atoms with Crippen molar-refractivity contribution in [3.8, 4) is 0 Å². The molecule has 2 amide bonds. The predicted molar refractivity (Wildman–Crippen MR) is 127 cm³/mol. The van der Waals surface area contributed by atoms with Crippen LogP contribution in [0, 0.1) is 11.6 Å². The molecule has 3 rings (SSSR count). The second-order valence-corrected chi connectivity index (χ2v) is 10.7. The summed E-state index contributed by atoms with van der Waals surface area (Å²) in [5.41, 5.74) is -0.837. The lowest BCUT2D eigenvalue weighted by molar-refractivity contribution is -0.146. The van der Waals surface area contributed by atoms with Crippen molar-refractivity contribution < 1.29 is 37.4 Å². The fraction of sp³-hybridized carbons (Fsp3) is 0.577. The number of hydrogen-bond donors (Lipinski definition) is 0. The van der Waals surface area contributed by atoms with Crippen molar-refractivity contribution in [1.29, 1.82) is 0 Å². The number of halogens is 2. The number of nitrogens with zero attached hydrogens (tertiary/aromatic N) is 2. The van der Waals surface area contributed by atoms with E-state index in [0.717, 1.165) is 6.07 Å². The first kappa shape index (κ1) is 27.6. The van der Waals surface area contributed by atoms with E-state index in [1.165, 1.54) is 42.0 Å². The summed E-state index contributed by atoms with van der Waals surface area (Å²) in [5, 5.41) is 0. The van der Waals surface area contributed by atoms with Crippen LogP contribution in [0.25, 0.3) is 0 Å². The number of rotatable bonds is 4. The van der Waals surface area contributed by atoms with Crippen molar-refractivity contribution >= 4 is 18.0 Å². The molecular formula is C26H34F2N2O6. The van der Waals surface area contributed by atoms with Crippen LogP contribution in [-0.4, -0.2) is 70.9 Å². The Balaban J connectivity index is 2.04. The first-order valence-electron chi connectivity index (χ1n) is 11.8. The Morgan fingerprint density at radius 3 is 2.31 bits per heavy atom. The van der Waals surface area contributed by atoms with Crippen LogP contribution in [0.2, 0.25) is 0 Å². The minimum absolute atomic E-state index is 0.0943. The molecule has 0 spiro atoms. The number of ether oxygens (including phenoxy) is 3. The van der Waals surface area contributed by atoms with Crippen LogP contribution in [0.3, 0.4) is 0 Å². The molecule has 198 valence electrons. The van der Waals surface area contributed by atoms with Crippen LogP contribution in [0.1, 0.15) is 53.5 Å². The summed E-state index contributed by atoms with van der Waals surface area (Å²) >= 11 is 0. The molecule has 0 unspecified atom stereocenters. The maximum Gasteiger partial charge on any atom is 0.410 e. The number of esters is 1. The Labute approximate surface area is 210 Å². The number of carbonyl (C=O) groups is 3. The Morgan fingerprint density at radius 1 is 1.17 bits per heavy atom. The van der Waals surface area contributed by atoms with Crippen molar-refractivity contribution in [2.75, 3.05) is 13.7 Å². The Hall–Kier alpha value is -3.01. The van der Waals surface area contributed by atoms with E-state index in [1.54, 1.807) is 34.6 Å². The van der Waals surface area contributed by atoms with Gasteiger partial charge in [-0.2, -0.15) is 0 Å². The lowest BCUT2D eigenvalue weighted by Crippen LogP contribution is -2.52. The molecule has 8 nitrogen and oxygen atoms in total. The highest BCUT2D eigenvalue weighted by Gasteiger charge is 2.54. The van der Waals surface area contributed by atoms with E-state index < -0.39 is 53.2 Å². The van der Waals surface area contributed by atoms with Gasteiger partial charge in [-0.3, -0.25) is 9.69 Å². The number of benzene rings is 1. The summed E-state index contributed by atoms with van der Waals surface area (Å²) in [4.78, 5) is 40.9. The minimum atomic E-state index is -1.05. The largest absolute Gasteiger partial charge is 0.466 e. The smallest absolute Gasteiger partial charge is 0.410 e. The van der Waals surface area contributed by atoms with Gasteiger partial charge in [0.05, 0.1) is 19.2 Å². The molecule has 0 aliphatic carbocycles. The van der Waals surface area contributed by atoms with E-state index in [2.05, 4.69) is 0 Å². The second-order valence-electron chi connectivity index (χ2n) is 10.7. The molecule has 0 N–H and O–H groups in total. The molecule has 36 heavy (non-hydrogen) atoms. The van der Waals surface area contributed by atoms with E-state index in [9.17, 15) is 23.2 Å². The van der Waals surface area contributed by atoms with E-state index >= 15 is 0 Å². The molecule has 0 saturated carbocycles. The standard InChI is InChI=1S/C26H34F2N2O6/c1-15(31)30-21(10-16-8-18(27)13-19(28)9-16)23(35-26(30,5)6)20-11-17(12-22(32)34-7)14-29(20)24(33)36-25(2,3)4/h8-9,12-13,20-21,23H,10-11,14H2,1-7H3/b17-12+/t20-,21+,23-/m1/s1. The third kappa shape index (κ3) is 6.21. The van der Waals surface area contributed by atoms with Crippen LogP contribution >= 0.6 is 0 Å². The van der Waals surface area contributed by atoms with Crippen LogP contribution in [0.5, 0.6) is 0 Å². The maximum atomic E-state index is 14.0. The van der Waals surface area contributed by atoms with E-state index in [0.29, 0.717) is 11.1 Å². The zero-order valence-corrected chi connectivity index (χ0v) is 21.8. The molecule has 2 fully saturated rings. The zero-order chi connectivity index (χ0) is 27.0. The molecule has 2 heterocycles. The van der Waals surface area contributed by atoms with Crippen molar-refractivity contribution in [2.24, 2.45) is 0 Å². The van der Waals surface area contributed by atoms with Gasteiger partial charge in [0.25, 0.3) is 0 Å². The SMILES string of the molecule is COC(=O)/C=C1\C[C@H]([C@H]2OC(C)(C)N(C(C)=O)[C@H]2Cc2cc(F)cc(F)c2)N(C(=O)OC(C)(C)C)C1. The average Bonchev–Trinajstić information content (AvgIpc) is 3.23. The van der Waals surface area contributed by atoms with E-state index in [1.807, 2.05) is 0 Å². The number of hydrogen-bond acceptors (Lipinski definition) is 6. The quantitative estimate of drug-likeness (QED) is 0.452. The molecule has 2 aliphatic rings. The molecule has 2 saturated heterocycles. The van der Waals surface area contributed by atoms with Gasteiger partial charge in [0, 0.05) is 25.6 Å². The first-order valence-corrected chi connectivity index (χ1v) is 11.8. The molecule has 1 aromatic rings. The molecule has 2 aliphatic heterocycles. The summed E-state index contributed by atoms with van der Waals surface area (Å²) in [7, 11) is 1.26. The van der Waals surface area contributed by atoms with Gasteiger partial charge in [-0.25, -0.2) is 18.4 Å². The minimum Gasteiger partial charge on any atom is -0.466 e. The lowest BCUT2D eigenvalue weighted by atomic mass is 9.93. The normalized spacial score (nSPS) is 24.8. The predicted octanol–water partition coefficient (Wildman–Crippen LogP) is 3.97. The van der Waals surface area contributed by atoms with Gasteiger partial charge in [0.2, 0.25) is 5.91 Å². The van der Waals surface area contributed by atoms with Crippen LogP contribution in [0.15, 0.2) is 29.8 Å².